The average molecular weight is 335 g/mol. The first-order valence-electron chi connectivity index (χ1n) is 8.17. The third kappa shape index (κ3) is 2.43. The topological polar surface area (TPSA) is 71.3 Å². The number of carbonyl (C=O) groups is 2. The zero-order valence-corrected chi connectivity index (χ0v) is 14.0. The van der Waals surface area contributed by atoms with Gasteiger partial charge in [0, 0.05) is 25.3 Å². The number of rotatable bonds is 2. The monoisotopic (exact) mass is 335 g/mol. The first-order valence-corrected chi connectivity index (χ1v) is 9.16. The van der Waals surface area contributed by atoms with Gasteiger partial charge in [0.1, 0.15) is 18.7 Å². The summed E-state index contributed by atoms with van der Waals surface area (Å²) < 4.78 is 1.84. The molecule has 3 fully saturated rings. The fourth-order valence-electron chi connectivity index (χ4n) is 3.99. The molecule has 0 unspecified atom stereocenters. The van der Waals surface area contributed by atoms with Gasteiger partial charge in [0.2, 0.25) is 11.8 Å². The highest BCUT2D eigenvalue weighted by atomic mass is 32.2. The number of thioether (sulfide) groups is 1. The minimum absolute atomic E-state index is 0.0984. The molecule has 3 aliphatic heterocycles. The van der Waals surface area contributed by atoms with Crippen LogP contribution in [0.15, 0.2) is 12.7 Å². The van der Waals surface area contributed by atoms with E-state index in [2.05, 4.69) is 17.0 Å². The first-order chi connectivity index (χ1) is 11.1. The number of amides is 2. The molecule has 1 aromatic heterocycles. The van der Waals surface area contributed by atoms with Gasteiger partial charge in [-0.2, -0.15) is 5.10 Å². The van der Waals surface area contributed by atoms with Gasteiger partial charge in [-0.3, -0.25) is 9.59 Å². The van der Waals surface area contributed by atoms with Gasteiger partial charge in [0.15, 0.2) is 0 Å². The zero-order valence-electron chi connectivity index (χ0n) is 13.2. The molecule has 0 saturated carbocycles. The van der Waals surface area contributed by atoms with Crippen LogP contribution in [-0.2, 0) is 9.59 Å². The second kappa shape index (κ2) is 5.51. The highest BCUT2D eigenvalue weighted by Crippen LogP contribution is 2.47. The van der Waals surface area contributed by atoms with Crippen molar-refractivity contribution in [3.8, 4) is 0 Å². The van der Waals surface area contributed by atoms with Crippen molar-refractivity contribution in [3.05, 3.63) is 12.7 Å². The Kier molecular flexibility index (Phi) is 3.59. The lowest BCUT2D eigenvalue weighted by Gasteiger charge is -2.37. The van der Waals surface area contributed by atoms with Gasteiger partial charge in [0.05, 0.1) is 10.9 Å². The Morgan fingerprint density at radius 3 is 3.13 bits per heavy atom. The van der Waals surface area contributed by atoms with Crippen molar-refractivity contribution in [1.29, 1.82) is 0 Å². The summed E-state index contributed by atoms with van der Waals surface area (Å²) in [5.74, 6) is 0.938. The van der Waals surface area contributed by atoms with Crippen LogP contribution in [0.25, 0.3) is 0 Å². The smallest absolute Gasteiger partial charge is 0.246 e. The summed E-state index contributed by atoms with van der Waals surface area (Å²) >= 11 is 1.75. The molecule has 4 rings (SSSR count). The summed E-state index contributed by atoms with van der Waals surface area (Å²) in [5.41, 5.74) is 0. The van der Waals surface area contributed by atoms with E-state index in [9.17, 15) is 9.59 Å². The van der Waals surface area contributed by atoms with Crippen molar-refractivity contribution < 1.29 is 9.59 Å². The van der Waals surface area contributed by atoms with Crippen LogP contribution in [0.4, 0.5) is 0 Å². The maximum Gasteiger partial charge on any atom is 0.246 e. The van der Waals surface area contributed by atoms with E-state index in [0.717, 1.165) is 25.8 Å². The molecule has 0 aliphatic carbocycles. The summed E-state index contributed by atoms with van der Waals surface area (Å²) in [7, 11) is 0. The molecule has 0 aromatic carbocycles. The number of hydrogen-bond acceptors (Lipinski definition) is 5. The van der Waals surface area contributed by atoms with E-state index >= 15 is 0 Å². The van der Waals surface area contributed by atoms with E-state index in [4.69, 9.17) is 0 Å². The molecule has 3 atom stereocenters. The Balaban J connectivity index is 1.49. The van der Waals surface area contributed by atoms with Crippen LogP contribution in [0.3, 0.4) is 0 Å². The lowest BCUT2D eigenvalue weighted by molar-refractivity contribution is -0.144. The maximum atomic E-state index is 13.0. The quantitative estimate of drug-likeness (QED) is 0.803. The van der Waals surface area contributed by atoms with E-state index in [1.807, 2.05) is 14.5 Å². The molecule has 3 aliphatic rings. The predicted octanol–water partition coefficient (Wildman–Crippen LogP) is 0.896. The van der Waals surface area contributed by atoms with Crippen molar-refractivity contribution in [1.82, 2.24) is 24.6 Å². The second-order valence-corrected chi connectivity index (χ2v) is 8.22. The molecule has 1 aromatic rings. The number of hydrogen-bond donors (Lipinski definition) is 0. The van der Waals surface area contributed by atoms with Crippen LogP contribution >= 0.6 is 11.8 Å². The number of carbonyl (C=O) groups excluding carboxylic acids is 2. The fraction of sp³-hybridized carbons (Fsp3) is 0.733. The molecule has 0 radical (unpaired) electrons. The van der Waals surface area contributed by atoms with Crippen LogP contribution < -0.4 is 0 Å². The van der Waals surface area contributed by atoms with E-state index in [-0.39, 0.29) is 28.8 Å². The number of piperidine rings is 1. The molecular weight excluding hydrogens is 314 g/mol. The molecule has 0 bridgehead atoms. The standard InChI is InChI=1S/C15H21N5O2S/c1-15-5-4-13(21)20(15)12(8-23-15)14(22)18-6-2-3-11(7-18)19-10-16-9-17-19/h9-12H,2-8H2,1H3/t11-,12-,15-/m0/s1. The molecule has 3 saturated heterocycles. The number of nitrogens with zero attached hydrogens (tertiary/aromatic N) is 5. The molecule has 7 nitrogen and oxygen atoms in total. The van der Waals surface area contributed by atoms with E-state index in [1.54, 1.807) is 18.1 Å². The SMILES string of the molecule is C[C@]12CCC(=O)N1[C@H](C(=O)N1CCC[C@H](n3cncn3)C1)CS2. The van der Waals surface area contributed by atoms with Crippen LogP contribution in [-0.4, -0.2) is 66.1 Å². The van der Waals surface area contributed by atoms with Gasteiger partial charge in [0.25, 0.3) is 0 Å². The average Bonchev–Trinajstić information content (AvgIpc) is 3.25. The van der Waals surface area contributed by atoms with Crippen molar-refractivity contribution in [3.63, 3.8) is 0 Å². The van der Waals surface area contributed by atoms with Gasteiger partial charge < -0.3 is 9.80 Å². The Morgan fingerprint density at radius 2 is 2.35 bits per heavy atom. The Labute approximate surface area is 139 Å². The number of aromatic nitrogens is 3. The fourth-order valence-corrected chi connectivity index (χ4v) is 5.41. The van der Waals surface area contributed by atoms with Gasteiger partial charge in [-0.1, -0.05) is 0 Å². The molecule has 23 heavy (non-hydrogen) atoms. The van der Waals surface area contributed by atoms with Crippen LogP contribution in [0.1, 0.15) is 38.6 Å². The zero-order chi connectivity index (χ0) is 16.0. The summed E-state index contributed by atoms with van der Waals surface area (Å²) in [6.45, 7) is 3.51. The van der Waals surface area contributed by atoms with Crippen LogP contribution in [0.5, 0.6) is 0 Å². The first kappa shape index (κ1) is 15.0. The lowest BCUT2D eigenvalue weighted by atomic mass is 10.0. The summed E-state index contributed by atoms with van der Waals surface area (Å²) in [6.07, 6.45) is 6.62. The molecule has 0 spiro atoms. The lowest BCUT2D eigenvalue weighted by Crippen LogP contribution is -2.53. The minimum Gasteiger partial charge on any atom is -0.339 e. The third-order valence-electron chi connectivity index (χ3n) is 5.25. The molecule has 124 valence electrons. The molecule has 4 heterocycles. The Morgan fingerprint density at radius 1 is 1.48 bits per heavy atom. The molecule has 8 heteroatoms. The maximum absolute atomic E-state index is 13.0. The molecule has 0 N–H and O–H groups in total. The predicted molar refractivity (Wildman–Crippen MR) is 85.6 cm³/mol. The second-order valence-electron chi connectivity index (χ2n) is 6.72. The van der Waals surface area contributed by atoms with Crippen molar-refractivity contribution in [2.45, 2.75) is 49.6 Å². The highest BCUT2D eigenvalue weighted by molar-refractivity contribution is 8.01. The summed E-state index contributed by atoms with van der Waals surface area (Å²) in [5, 5.41) is 4.21. The van der Waals surface area contributed by atoms with Gasteiger partial charge in [-0.15, -0.1) is 11.8 Å². The highest BCUT2D eigenvalue weighted by Gasteiger charge is 2.53. The van der Waals surface area contributed by atoms with E-state index < -0.39 is 0 Å². The van der Waals surface area contributed by atoms with Gasteiger partial charge >= 0.3 is 0 Å². The van der Waals surface area contributed by atoms with E-state index in [1.165, 1.54) is 6.33 Å². The Hall–Kier alpha value is -1.57. The molecular formula is C15H21N5O2S. The van der Waals surface area contributed by atoms with Gasteiger partial charge in [-0.25, -0.2) is 9.67 Å². The number of fused-ring (bicyclic) bond motifs is 1. The Bertz CT molecular complexity index is 621. The minimum atomic E-state index is -0.297. The van der Waals surface area contributed by atoms with Crippen molar-refractivity contribution >= 4 is 23.6 Å². The summed E-state index contributed by atoms with van der Waals surface area (Å²) in [4.78, 5) is 32.8. The largest absolute Gasteiger partial charge is 0.339 e. The van der Waals surface area contributed by atoms with Crippen LogP contribution in [0.2, 0.25) is 0 Å². The van der Waals surface area contributed by atoms with E-state index in [0.29, 0.717) is 18.7 Å². The van der Waals surface area contributed by atoms with Crippen LogP contribution in [0, 0.1) is 0 Å². The van der Waals surface area contributed by atoms with Gasteiger partial charge in [-0.05, 0) is 26.2 Å². The van der Waals surface area contributed by atoms with Crippen molar-refractivity contribution in [2.24, 2.45) is 0 Å². The normalized spacial score (nSPS) is 34.0. The van der Waals surface area contributed by atoms with Crippen molar-refractivity contribution in [2.75, 3.05) is 18.8 Å². The molecule has 2 amide bonds. The summed E-state index contributed by atoms with van der Waals surface area (Å²) in [6, 6.07) is -0.112. The third-order valence-corrected chi connectivity index (χ3v) is 6.75. The number of likely N-dealkylation sites (tertiary alicyclic amines) is 1.